The van der Waals surface area contributed by atoms with E-state index < -0.39 is 0 Å². The van der Waals surface area contributed by atoms with E-state index in [0.29, 0.717) is 10.5 Å². The fourth-order valence-electron chi connectivity index (χ4n) is 2.76. The van der Waals surface area contributed by atoms with Gasteiger partial charge in [-0.3, -0.25) is 0 Å². The second kappa shape index (κ2) is 6.67. The smallest absolute Gasteiger partial charge is 0.137 e. The van der Waals surface area contributed by atoms with Crippen LogP contribution in [-0.2, 0) is 6.54 Å². The number of halogens is 2. The van der Waals surface area contributed by atoms with Crippen LogP contribution in [0.5, 0.6) is 0 Å². The highest BCUT2D eigenvalue weighted by Gasteiger charge is 2.19. The summed E-state index contributed by atoms with van der Waals surface area (Å²) in [6.45, 7) is 2.99. The first-order valence-corrected chi connectivity index (χ1v) is 7.64. The maximum atomic E-state index is 13.4. The Hall–Kier alpha value is -0.410. The minimum Gasteiger partial charge on any atom is -0.310 e. The molecular formula is C15H21BrFN. The van der Waals surface area contributed by atoms with Crippen LogP contribution in [-0.4, -0.2) is 6.04 Å². The van der Waals surface area contributed by atoms with Crippen LogP contribution >= 0.6 is 15.9 Å². The first-order chi connectivity index (χ1) is 8.68. The average molecular weight is 314 g/mol. The van der Waals surface area contributed by atoms with Crippen LogP contribution in [0, 0.1) is 11.7 Å². The van der Waals surface area contributed by atoms with E-state index in [1.165, 1.54) is 38.2 Å². The Balaban J connectivity index is 1.88. The maximum Gasteiger partial charge on any atom is 0.137 e. The van der Waals surface area contributed by atoms with E-state index in [-0.39, 0.29) is 5.82 Å². The highest BCUT2D eigenvalue weighted by molar-refractivity contribution is 9.10. The molecule has 1 N–H and O–H groups in total. The number of hydrogen-bond donors (Lipinski definition) is 1. The summed E-state index contributed by atoms with van der Waals surface area (Å²) in [6, 6.07) is 5.73. The third kappa shape index (κ3) is 3.55. The molecule has 1 fully saturated rings. The minimum atomic E-state index is -0.181. The third-order valence-corrected chi connectivity index (χ3v) is 4.89. The molecule has 0 heterocycles. The monoisotopic (exact) mass is 313 g/mol. The van der Waals surface area contributed by atoms with Gasteiger partial charge in [0.15, 0.2) is 0 Å². The van der Waals surface area contributed by atoms with Gasteiger partial charge in [0.1, 0.15) is 5.82 Å². The van der Waals surface area contributed by atoms with Crippen LogP contribution < -0.4 is 5.32 Å². The Morgan fingerprint density at radius 2 is 2.06 bits per heavy atom. The standard InChI is InChI=1S/C15H21BrFN/c1-11(12-6-3-2-4-7-12)18-10-13-8-5-9-14(17)15(13)16/h5,8-9,11-12,18H,2-4,6-7,10H2,1H3. The van der Waals surface area contributed by atoms with E-state index in [4.69, 9.17) is 0 Å². The van der Waals surface area contributed by atoms with Gasteiger partial charge in [0.2, 0.25) is 0 Å². The Morgan fingerprint density at radius 3 is 2.78 bits per heavy atom. The van der Waals surface area contributed by atoms with Crippen molar-refractivity contribution in [2.45, 2.75) is 51.6 Å². The van der Waals surface area contributed by atoms with Gasteiger partial charge in [0.05, 0.1) is 4.47 Å². The van der Waals surface area contributed by atoms with Crippen molar-refractivity contribution >= 4 is 15.9 Å². The summed E-state index contributed by atoms with van der Waals surface area (Å²) in [5.41, 5.74) is 0.998. The largest absolute Gasteiger partial charge is 0.310 e. The Kier molecular flexibility index (Phi) is 5.19. The molecule has 1 aromatic carbocycles. The zero-order valence-corrected chi connectivity index (χ0v) is 12.5. The van der Waals surface area contributed by atoms with Gasteiger partial charge in [0.25, 0.3) is 0 Å². The minimum absolute atomic E-state index is 0.181. The van der Waals surface area contributed by atoms with Crippen molar-refractivity contribution in [3.8, 4) is 0 Å². The number of rotatable bonds is 4. The van der Waals surface area contributed by atoms with Gasteiger partial charge in [0, 0.05) is 12.6 Å². The summed E-state index contributed by atoms with van der Waals surface area (Å²) in [5, 5.41) is 3.54. The molecule has 0 saturated heterocycles. The molecule has 0 radical (unpaired) electrons. The van der Waals surface area contributed by atoms with E-state index in [9.17, 15) is 4.39 Å². The van der Waals surface area contributed by atoms with Gasteiger partial charge in [-0.05, 0) is 53.2 Å². The van der Waals surface area contributed by atoms with Crippen LogP contribution in [0.15, 0.2) is 22.7 Å². The predicted molar refractivity (Wildman–Crippen MR) is 77.0 cm³/mol. The van der Waals surface area contributed by atoms with Crippen molar-refractivity contribution in [1.29, 1.82) is 0 Å². The second-order valence-electron chi connectivity index (χ2n) is 5.28. The van der Waals surface area contributed by atoms with Gasteiger partial charge in [-0.2, -0.15) is 0 Å². The van der Waals surface area contributed by atoms with Crippen molar-refractivity contribution in [1.82, 2.24) is 5.32 Å². The SMILES string of the molecule is CC(NCc1cccc(F)c1Br)C1CCCCC1. The zero-order chi connectivity index (χ0) is 13.0. The summed E-state index contributed by atoms with van der Waals surface area (Å²) in [4.78, 5) is 0. The average Bonchev–Trinajstić information content (AvgIpc) is 2.41. The molecule has 0 amide bonds. The van der Waals surface area contributed by atoms with Crippen molar-refractivity contribution in [2.24, 2.45) is 5.92 Å². The van der Waals surface area contributed by atoms with E-state index in [2.05, 4.69) is 28.2 Å². The summed E-state index contributed by atoms with van der Waals surface area (Å²) in [5.74, 6) is 0.603. The number of hydrogen-bond acceptors (Lipinski definition) is 1. The van der Waals surface area contributed by atoms with Crippen LogP contribution in [0.25, 0.3) is 0 Å². The molecule has 1 nitrogen and oxygen atoms in total. The van der Waals surface area contributed by atoms with Crippen LogP contribution in [0.3, 0.4) is 0 Å². The van der Waals surface area contributed by atoms with Gasteiger partial charge >= 0.3 is 0 Å². The fourth-order valence-corrected chi connectivity index (χ4v) is 3.16. The summed E-state index contributed by atoms with van der Waals surface area (Å²) in [6.07, 6.45) is 6.77. The molecule has 1 atom stereocenters. The molecule has 1 aliphatic carbocycles. The Morgan fingerprint density at radius 1 is 1.33 bits per heavy atom. The van der Waals surface area contributed by atoms with Gasteiger partial charge in [-0.1, -0.05) is 31.4 Å². The third-order valence-electron chi connectivity index (χ3n) is 4.00. The topological polar surface area (TPSA) is 12.0 Å². The molecule has 2 rings (SSSR count). The lowest BCUT2D eigenvalue weighted by molar-refractivity contribution is 0.280. The molecule has 100 valence electrons. The van der Waals surface area contributed by atoms with Crippen molar-refractivity contribution in [3.05, 3.63) is 34.1 Å². The molecule has 1 aliphatic rings. The van der Waals surface area contributed by atoms with Crippen LogP contribution in [0.1, 0.15) is 44.6 Å². The van der Waals surface area contributed by atoms with E-state index in [1.54, 1.807) is 6.07 Å². The highest BCUT2D eigenvalue weighted by atomic mass is 79.9. The Bertz CT molecular complexity index is 388. The number of benzene rings is 1. The van der Waals surface area contributed by atoms with Gasteiger partial charge < -0.3 is 5.32 Å². The summed E-state index contributed by atoms with van der Waals surface area (Å²) in [7, 11) is 0. The molecule has 0 spiro atoms. The molecule has 0 aliphatic heterocycles. The molecular weight excluding hydrogens is 293 g/mol. The number of nitrogens with one attached hydrogen (secondary N) is 1. The summed E-state index contributed by atoms with van der Waals surface area (Å²) >= 11 is 3.31. The quantitative estimate of drug-likeness (QED) is 0.853. The lowest BCUT2D eigenvalue weighted by Gasteiger charge is -2.28. The van der Waals surface area contributed by atoms with Crippen LogP contribution in [0.2, 0.25) is 0 Å². The molecule has 0 aromatic heterocycles. The molecule has 3 heteroatoms. The highest BCUT2D eigenvalue weighted by Crippen LogP contribution is 2.27. The lowest BCUT2D eigenvalue weighted by Crippen LogP contribution is -2.34. The molecule has 1 unspecified atom stereocenters. The van der Waals surface area contributed by atoms with E-state index in [1.807, 2.05) is 6.07 Å². The van der Waals surface area contributed by atoms with Gasteiger partial charge in [-0.25, -0.2) is 4.39 Å². The van der Waals surface area contributed by atoms with Crippen molar-refractivity contribution in [3.63, 3.8) is 0 Å². The Labute approximate surface area is 117 Å². The van der Waals surface area contributed by atoms with E-state index in [0.717, 1.165) is 18.0 Å². The molecule has 18 heavy (non-hydrogen) atoms. The zero-order valence-electron chi connectivity index (χ0n) is 10.9. The van der Waals surface area contributed by atoms with E-state index >= 15 is 0 Å². The van der Waals surface area contributed by atoms with Crippen LogP contribution in [0.4, 0.5) is 4.39 Å². The maximum absolute atomic E-state index is 13.4. The van der Waals surface area contributed by atoms with Crippen molar-refractivity contribution in [2.75, 3.05) is 0 Å². The molecule has 1 saturated carbocycles. The first-order valence-electron chi connectivity index (χ1n) is 6.84. The fraction of sp³-hybridized carbons (Fsp3) is 0.600. The van der Waals surface area contributed by atoms with Gasteiger partial charge in [-0.15, -0.1) is 0 Å². The lowest BCUT2D eigenvalue weighted by atomic mass is 9.84. The second-order valence-corrected chi connectivity index (χ2v) is 6.07. The first kappa shape index (κ1) is 14.0. The molecule has 0 bridgehead atoms. The normalized spacial score (nSPS) is 18.8. The predicted octanol–water partition coefficient (Wildman–Crippen LogP) is 4.65. The molecule has 1 aromatic rings. The summed E-state index contributed by atoms with van der Waals surface area (Å²) < 4.78 is 14.0. The van der Waals surface area contributed by atoms with Crippen molar-refractivity contribution < 1.29 is 4.39 Å².